The maximum absolute atomic E-state index is 5.90. The molecule has 33 heavy (non-hydrogen) atoms. The highest BCUT2D eigenvalue weighted by Crippen LogP contribution is 2.25. The number of para-hydroxylation sites is 1. The summed E-state index contributed by atoms with van der Waals surface area (Å²) in [7, 11) is 0. The lowest BCUT2D eigenvalue weighted by atomic mass is 10.2. The van der Waals surface area contributed by atoms with Crippen molar-refractivity contribution >= 4 is 10.9 Å². The Kier molecular flexibility index (Phi) is 6.17. The van der Waals surface area contributed by atoms with E-state index in [1.165, 1.54) is 0 Å². The fourth-order valence-electron chi connectivity index (χ4n) is 3.26. The molecule has 3 aromatic carbocycles. The molecule has 0 saturated heterocycles. The van der Waals surface area contributed by atoms with E-state index in [4.69, 9.17) is 19.2 Å². The predicted octanol–water partition coefficient (Wildman–Crippen LogP) is 4.84. The summed E-state index contributed by atoms with van der Waals surface area (Å²) in [5.74, 6) is 2.95. The smallest absolute Gasteiger partial charge is 0.174 e. The van der Waals surface area contributed by atoms with E-state index >= 15 is 0 Å². The van der Waals surface area contributed by atoms with Crippen LogP contribution in [0.1, 0.15) is 17.1 Å². The van der Waals surface area contributed by atoms with Crippen LogP contribution in [0.3, 0.4) is 0 Å². The van der Waals surface area contributed by atoms with Crippen molar-refractivity contribution in [3.8, 4) is 17.2 Å². The van der Waals surface area contributed by atoms with Crippen molar-refractivity contribution < 1.29 is 14.2 Å². The van der Waals surface area contributed by atoms with Crippen LogP contribution in [0, 0.1) is 0 Å². The predicted molar refractivity (Wildman–Crippen MR) is 122 cm³/mol. The number of nitrogens with one attached hydrogen (secondary N) is 1. The van der Waals surface area contributed by atoms with Gasteiger partial charge in [-0.1, -0.05) is 36.4 Å². The molecular formula is C25H21N5O3. The Hall–Kier alpha value is -4.30. The number of hydrogen-bond donors (Lipinski definition) is 1. The fraction of sp³-hybridized carbons (Fsp3) is 0.120. The Bertz CT molecular complexity index is 1310. The van der Waals surface area contributed by atoms with Crippen LogP contribution in [0.15, 0.2) is 84.9 Å². The van der Waals surface area contributed by atoms with Gasteiger partial charge in [-0.3, -0.25) is 0 Å². The molecule has 8 nitrogen and oxygen atoms in total. The van der Waals surface area contributed by atoms with Crippen LogP contribution in [0.25, 0.3) is 10.9 Å². The van der Waals surface area contributed by atoms with Crippen LogP contribution in [0.4, 0.5) is 0 Å². The Morgan fingerprint density at radius 2 is 1.58 bits per heavy atom. The summed E-state index contributed by atoms with van der Waals surface area (Å²) >= 11 is 0. The number of hydrogen-bond acceptors (Lipinski definition) is 7. The lowest BCUT2D eigenvalue weighted by Crippen LogP contribution is -1.99. The normalized spacial score (nSPS) is 10.9. The van der Waals surface area contributed by atoms with E-state index in [0.717, 1.165) is 39.4 Å². The molecule has 0 fully saturated rings. The topological polar surface area (TPSA) is 95.0 Å². The second-order valence-corrected chi connectivity index (χ2v) is 7.35. The number of pyridine rings is 1. The molecule has 0 saturated carbocycles. The van der Waals surface area contributed by atoms with E-state index < -0.39 is 0 Å². The molecule has 0 aliphatic heterocycles. The van der Waals surface area contributed by atoms with Gasteiger partial charge in [0.2, 0.25) is 0 Å². The molecule has 0 radical (unpaired) electrons. The highest BCUT2D eigenvalue weighted by Gasteiger charge is 2.04. The molecule has 164 valence electrons. The van der Waals surface area contributed by atoms with Crippen LogP contribution >= 0.6 is 0 Å². The highest BCUT2D eigenvalue weighted by molar-refractivity contribution is 5.80. The first-order valence-electron chi connectivity index (χ1n) is 10.5. The summed E-state index contributed by atoms with van der Waals surface area (Å²) in [6.45, 7) is 1.18. The number of ether oxygens (including phenoxy) is 3. The minimum absolute atomic E-state index is 0.332. The highest BCUT2D eigenvalue weighted by atomic mass is 16.5. The number of benzene rings is 3. The van der Waals surface area contributed by atoms with Crippen LogP contribution in [0.2, 0.25) is 0 Å². The van der Waals surface area contributed by atoms with Gasteiger partial charge in [0.25, 0.3) is 0 Å². The zero-order chi connectivity index (χ0) is 22.3. The first-order valence-corrected chi connectivity index (χ1v) is 10.5. The molecule has 0 atom stereocenters. The monoisotopic (exact) mass is 439 g/mol. The molecule has 0 bridgehead atoms. The van der Waals surface area contributed by atoms with Gasteiger partial charge in [-0.2, -0.15) is 0 Å². The molecular weight excluding hydrogens is 418 g/mol. The average molecular weight is 439 g/mol. The molecule has 1 N–H and O–H groups in total. The first kappa shape index (κ1) is 20.6. The summed E-state index contributed by atoms with van der Waals surface area (Å²) in [5, 5.41) is 14.5. The first-order chi connectivity index (χ1) is 16.3. The van der Waals surface area contributed by atoms with E-state index in [2.05, 4.69) is 20.6 Å². The van der Waals surface area contributed by atoms with E-state index in [0.29, 0.717) is 25.6 Å². The maximum Gasteiger partial charge on any atom is 0.174 e. The molecule has 2 heterocycles. The number of fused-ring (bicyclic) bond motifs is 1. The van der Waals surface area contributed by atoms with Gasteiger partial charge in [-0.05, 0) is 64.5 Å². The average Bonchev–Trinajstić information content (AvgIpc) is 3.38. The third-order valence-corrected chi connectivity index (χ3v) is 4.90. The van der Waals surface area contributed by atoms with Crippen molar-refractivity contribution in [2.75, 3.05) is 0 Å². The summed E-state index contributed by atoms with van der Waals surface area (Å²) in [5.41, 5.74) is 2.78. The minimum atomic E-state index is 0.332. The standard InChI is InChI=1S/C25H21N5O3/c1-2-4-22(5-3-1)33-23-12-13-24-19(14-23)8-9-20(26-24)16-32-21-10-6-18(7-11-21)15-31-17-25-27-29-30-28-25/h1-14H,15-17H2,(H,27,28,29,30). The van der Waals surface area contributed by atoms with Crippen LogP contribution in [0.5, 0.6) is 17.2 Å². The zero-order valence-electron chi connectivity index (χ0n) is 17.7. The zero-order valence-corrected chi connectivity index (χ0v) is 17.7. The van der Waals surface area contributed by atoms with E-state index in [1.807, 2.05) is 84.9 Å². The molecule has 0 aliphatic rings. The Morgan fingerprint density at radius 1 is 0.727 bits per heavy atom. The van der Waals surface area contributed by atoms with E-state index in [-0.39, 0.29) is 0 Å². The summed E-state index contributed by atoms with van der Waals surface area (Å²) in [6, 6.07) is 27.4. The molecule has 0 spiro atoms. The van der Waals surface area contributed by atoms with Gasteiger partial charge < -0.3 is 14.2 Å². The number of aromatic amines is 1. The van der Waals surface area contributed by atoms with Gasteiger partial charge in [-0.15, -0.1) is 5.10 Å². The van der Waals surface area contributed by atoms with Crippen molar-refractivity contribution in [2.24, 2.45) is 0 Å². The number of H-pyrrole nitrogens is 1. The summed E-state index contributed by atoms with van der Waals surface area (Å²) in [4.78, 5) is 4.70. The molecule has 2 aromatic heterocycles. The van der Waals surface area contributed by atoms with Crippen molar-refractivity contribution in [3.05, 3.63) is 102 Å². The number of rotatable bonds is 9. The maximum atomic E-state index is 5.90. The largest absolute Gasteiger partial charge is 0.487 e. The van der Waals surface area contributed by atoms with Crippen LogP contribution in [-0.4, -0.2) is 25.6 Å². The Morgan fingerprint density at radius 3 is 2.39 bits per heavy atom. The van der Waals surface area contributed by atoms with Crippen molar-refractivity contribution in [1.82, 2.24) is 25.6 Å². The van der Waals surface area contributed by atoms with Crippen molar-refractivity contribution in [1.29, 1.82) is 0 Å². The number of aromatic nitrogens is 5. The fourth-order valence-corrected chi connectivity index (χ4v) is 3.26. The number of tetrazole rings is 1. The van der Waals surface area contributed by atoms with Gasteiger partial charge in [0.15, 0.2) is 5.82 Å². The Labute approximate surface area is 190 Å². The molecule has 5 aromatic rings. The second-order valence-electron chi connectivity index (χ2n) is 7.35. The quantitative estimate of drug-likeness (QED) is 0.351. The molecule has 0 amide bonds. The molecule has 0 aliphatic carbocycles. The van der Waals surface area contributed by atoms with Gasteiger partial charge in [-0.25, -0.2) is 10.1 Å². The molecule has 8 heteroatoms. The van der Waals surface area contributed by atoms with Gasteiger partial charge >= 0.3 is 0 Å². The molecule has 0 unspecified atom stereocenters. The van der Waals surface area contributed by atoms with Crippen LogP contribution < -0.4 is 9.47 Å². The Balaban J connectivity index is 1.16. The lowest BCUT2D eigenvalue weighted by Gasteiger charge is -2.09. The SMILES string of the molecule is c1ccc(Oc2ccc3nc(COc4ccc(COCc5nnn[nH]5)cc4)ccc3c2)cc1. The van der Waals surface area contributed by atoms with Gasteiger partial charge in [0.1, 0.15) is 30.5 Å². The second kappa shape index (κ2) is 9.88. The summed E-state index contributed by atoms with van der Waals surface area (Å²) < 4.78 is 17.4. The third kappa shape index (κ3) is 5.50. The van der Waals surface area contributed by atoms with Gasteiger partial charge in [0.05, 0.1) is 17.8 Å². The molecule has 5 rings (SSSR count). The minimum Gasteiger partial charge on any atom is -0.487 e. The summed E-state index contributed by atoms with van der Waals surface area (Å²) in [6.07, 6.45) is 0. The lowest BCUT2D eigenvalue weighted by molar-refractivity contribution is 0.102. The third-order valence-electron chi connectivity index (χ3n) is 4.90. The van der Waals surface area contributed by atoms with Gasteiger partial charge in [0, 0.05) is 5.39 Å². The van der Waals surface area contributed by atoms with E-state index in [9.17, 15) is 0 Å². The van der Waals surface area contributed by atoms with E-state index in [1.54, 1.807) is 0 Å². The number of nitrogens with zero attached hydrogens (tertiary/aromatic N) is 4. The van der Waals surface area contributed by atoms with Crippen LogP contribution in [-0.2, 0) is 24.6 Å². The van der Waals surface area contributed by atoms with Crippen molar-refractivity contribution in [3.63, 3.8) is 0 Å². The van der Waals surface area contributed by atoms with Crippen molar-refractivity contribution in [2.45, 2.75) is 19.8 Å².